The third-order valence-corrected chi connectivity index (χ3v) is 6.60. The smallest absolute Gasteiger partial charge is 0.107 e. The largest absolute Gasteiger partial charge is 0.308 e. The zero-order chi connectivity index (χ0) is 13.8. The molecule has 2 heterocycles. The standard InChI is InChI=1S/C16H25N3S/c1-15(12-3-4-12)11-19(9-14-17-7-8-20-14)16(2,10-18-15)13-5-6-13/h7-8,12-13,18H,3-6,9-11H2,1-2H3. The van der Waals surface area contributed by atoms with Crippen molar-refractivity contribution in [2.24, 2.45) is 11.8 Å². The Morgan fingerprint density at radius 2 is 2.05 bits per heavy atom. The maximum Gasteiger partial charge on any atom is 0.107 e. The van der Waals surface area contributed by atoms with E-state index in [9.17, 15) is 0 Å². The first-order valence-corrected chi connectivity index (χ1v) is 8.87. The molecule has 0 spiro atoms. The van der Waals surface area contributed by atoms with Crippen molar-refractivity contribution in [3.63, 3.8) is 0 Å². The average Bonchev–Trinajstić information content (AvgIpc) is 3.32. The van der Waals surface area contributed by atoms with Crippen molar-refractivity contribution in [2.75, 3.05) is 13.1 Å². The van der Waals surface area contributed by atoms with E-state index < -0.39 is 0 Å². The minimum Gasteiger partial charge on any atom is -0.308 e. The first-order chi connectivity index (χ1) is 9.60. The Kier molecular flexibility index (Phi) is 2.99. The first kappa shape index (κ1) is 13.2. The van der Waals surface area contributed by atoms with Gasteiger partial charge in [-0.05, 0) is 51.4 Å². The van der Waals surface area contributed by atoms with Gasteiger partial charge in [-0.25, -0.2) is 4.98 Å². The van der Waals surface area contributed by atoms with Gasteiger partial charge in [-0.1, -0.05) is 0 Å². The van der Waals surface area contributed by atoms with Crippen molar-refractivity contribution in [1.29, 1.82) is 0 Å². The summed E-state index contributed by atoms with van der Waals surface area (Å²) in [6.07, 6.45) is 7.58. The van der Waals surface area contributed by atoms with Gasteiger partial charge in [-0.3, -0.25) is 4.90 Å². The SMILES string of the molecule is CC1(C2CC2)CN(Cc2nccs2)C(C)(C2CC2)CN1. The summed E-state index contributed by atoms with van der Waals surface area (Å²) in [6.45, 7) is 8.28. The minimum absolute atomic E-state index is 0.325. The number of hydrogen-bond donors (Lipinski definition) is 1. The Morgan fingerprint density at radius 1 is 1.30 bits per heavy atom. The van der Waals surface area contributed by atoms with Gasteiger partial charge in [-0.15, -0.1) is 11.3 Å². The number of aromatic nitrogens is 1. The molecule has 0 amide bonds. The van der Waals surface area contributed by atoms with Gasteiger partial charge in [0.1, 0.15) is 5.01 Å². The van der Waals surface area contributed by atoms with Crippen LogP contribution in [0.1, 0.15) is 44.5 Å². The molecule has 110 valence electrons. The monoisotopic (exact) mass is 291 g/mol. The lowest BCUT2D eigenvalue weighted by atomic mass is 9.83. The number of nitrogens with one attached hydrogen (secondary N) is 1. The Hall–Kier alpha value is -0.450. The van der Waals surface area contributed by atoms with Gasteiger partial charge in [0.15, 0.2) is 0 Å². The fourth-order valence-corrected chi connectivity index (χ4v) is 4.59. The average molecular weight is 291 g/mol. The molecular formula is C16H25N3S. The highest BCUT2D eigenvalue weighted by molar-refractivity contribution is 7.09. The molecule has 2 aliphatic carbocycles. The van der Waals surface area contributed by atoms with Gasteiger partial charge >= 0.3 is 0 Å². The molecule has 1 aromatic heterocycles. The van der Waals surface area contributed by atoms with E-state index in [2.05, 4.69) is 34.4 Å². The second kappa shape index (κ2) is 4.52. The van der Waals surface area contributed by atoms with E-state index in [0.717, 1.165) is 24.9 Å². The van der Waals surface area contributed by atoms with Gasteiger partial charge in [0, 0.05) is 35.7 Å². The molecule has 0 bridgehead atoms. The van der Waals surface area contributed by atoms with E-state index >= 15 is 0 Å². The summed E-state index contributed by atoms with van der Waals surface area (Å²) in [7, 11) is 0. The Morgan fingerprint density at radius 3 is 2.65 bits per heavy atom. The molecule has 0 aromatic carbocycles. The van der Waals surface area contributed by atoms with Gasteiger partial charge < -0.3 is 5.32 Å². The molecule has 2 saturated carbocycles. The second-order valence-corrected chi connectivity index (χ2v) is 8.44. The van der Waals surface area contributed by atoms with Crippen molar-refractivity contribution in [2.45, 2.75) is 57.2 Å². The number of hydrogen-bond acceptors (Lipinski definition) is 4. The lowest BCUT2D eigenvalue weighted by Crippen LogP contribution is -2.69. The predicted octanol–water partition coefficient (Wildman–Crippen LogP) is 2.89. The molecule has 3 nitrogen and oxygen atoms in total. The van der Waals surface area contributed by atoms with E-state index in [1.165, 1.54) is 37.2 Å². The highest BCUT2D eigenvalue weighted by atomic mass is 32.1. The van der Waals surface area contributed by atoms with Crippen molar-refractivity contribution >= 4 is 11.3 Å². The van der Waals surface area contributed by atoms with Gasteiger partial charge in [0.25, 0.3) is 0 Å². The van der Waals surface area contributed by atoms with Crippen LogP contribution in [0.25, 0.3) is 0 Å². The van der Waals surface area contributed by atoms with Crippen molar-refractivity contribution in [3.05, 3.63) is 16.6 Å². The topological polar surface area (TPSA) is 28.2 Å². The molecule has 20 heavy (non-hydrogen) atoms. The van der Waals surface area contributed by atoms with E-state index in [-0.39, 0.29) is 0 Å². The normalized spacial score (nSPS) is 39.1. The summed E-state index contributed by atoms with van der Waals surface area (Å²) in [6, 6.07) is 0. The molecule has 3 aliphatic rings. The van der Waals surface area contributed by atoms with Gasteiger partial charge in [-0.2, -0.15) is 0 Å². The van der Waals surface area contributed by atoms with Crippen LogP contribution in [-0.4, -0.2) is 34.1 Å². The first-order valence-electron chi connectivity index (χ1n) is 7.99. The van der Waals surface area contributed by atoms with E-state index in [4.69, 9.17) is 0 Å². The number of piperazine rings is 1. The Labute approximate surface area is 125 Å². The molecule has 1 aromatic rings. The van der Waals surface area contributed by atoms with Crippen LogP contribution in [0.3, 0.4) is 0 Å². The molecule has 1 aliphatic heterocycles. The quantitative estimate of drug-likeness (QED) is 0.924. The lowest BCUT2D eigenvalue weighted by molar-refractivity contribution is -0.00711. The Bertz CT molecular complexity index is 480. The molecule has 2 atom stereocenters. The summed E-state index contributed by atoms with van der Waals surface area (Å²) in [5.74, 6) is 1.78. The van der Waals surface area contributed by atoms with Crippen molar-refractivity contribution < 1.29 is 0 Å². The van der Waals surface area contributed by atoms with E-state index in [1.54, 1.807) is 11.3 Å². The van der Waals surface area contributed by atoms with Crippen LogP contribution in [-0.2, 0) is 6.54 Å². The maximum atomic E-state index is 4.52. The van der Waals surface area contributed by atoms with Crippen LogP contribution in [0.2, 0.25) is 0 Å². The highest BCUT2D eigenvalue weighted by Gasteiger charge is 2.54. The van der Waals surface area contributed by atoms with Crippen LogP contribution in [0, 0.1) is 11.8 Å². The molecule has 4 heteroatoms. The van der Waals surface area contributed by atoms with Crippen molar-refractivity contribution in [3.8, 4) is 0 Å². The van der Waals surface area contributed by atoms with Crippen LogP contribution in [0.15, 0.2) is 11.6 Å². The maximum absolute atomic E-state index is 4.52. The fourth-order valence-electron chi connectivity index (χ4n) is 3.96. The third-order valence-electron chi connectivity index (χ3n) is 5.84. The number of nitrogens with zero attached hydrogens (tertiary/aromatic N) is 2. The molecule has 4 rings (SSSR count). The Balaban J connectivity index is 1.57. The summed E-state index contributed by atoms with van der Waals surface area (Å²) < 4.78 is 0. The number of rotatable bonds is 4. The minimum atomic E-state index is 0.325. The zero-order valence-electron chi connectivity index (χ0n) is 12.6. The summed E-state index contributed by atoms with van der Waals surface area (Å²) in [5.41, 5.74) is 0.658. The van der Waals surface area contributed by atoms with Crippen molar-refractivity contribution in [1.82, 2.24) is 15.2 Å². The lowest BCUT2D eigenvalue weighted by Gasteiger charge is -2.53. The predicted molar refractivity (Wildman–Crippen MR) is 82.8 cm³/mol. The van der Waals surface area contributed by atoms with E-state index in [1.807, 2.05) is 6.20 Å². The molecule has 1 N–H and O–H groups in total. The molecule has 2 unspecified atom stereocenters. The van der Waals surface area contributed by atoms with Crippen LogP contribution in [0.5, 0.6) is 0 Å². The molecule has 3 fully saturated rings. The summed E-state index contributed by atoms with van der Waals surface area (Å²) >= 11 is 1.80. The highest BCUT2D eigenvalue weighted by Crippen LogP contribution is 2.48. The third kappa shape index (κ3) is 2.22. The molecule has 1 saturated heterocycles. The van der Waals surface area contributed by atoms with Crippen LogP contribution in [0.4, 0.5) is 0 Å². The van der Waals surface area contributed by atoms with Gasteiger partial charge in [0.05, 0.1) is 6.54 Å². The summed E-state index contributed by atoms with van der Waals surface area (Å²) in [5, 5.41) is 7.30. The van der Waals surface area contributed by atoms with Crippen LogP contribution >= 0.6 is 11.3 Å². The number of thiazole rings is 1. The summed E-state index contributed by atoms with van der Waals surface area (Å²) in [4.78, 5) is 7.27. The molecular weight excluding hydrogens is 266 g/mol. The fraction of sp³-hybridized carbons (Fsp3) is 0.812. The van der Waals surface area contributed by atoms with E-state index in [0.29, 0.717) is 11.1 Å². The van der Waals surface area contributed by atoms with Gasteiger partial charge in [0.2, 0.25) is 0 Å². The zero-order valence-corrected chi connectivity index (χ0v) is 13.4. The van der Waals surface area contributed by atoms with Crippen LogP contribution < -0.4 is 5.32 Å². The second-order valence-electron chi connectivity index (χ2n) is 7.46. The molecule has 0 radical (unpaired) electrons.